The minimum absolute atomic E-state index is 0.0473. The summed E-state index contributed by atoms with van der Waals surface area (Å²) >= 11 is 6.33. The number of amides is 1. The summed E-state index contributed by atoms with van der Waals surface area (Å²) in [5.74, 6) is -1.56. The molecule has 0 bridgehead atoms. The number of carbonyl (C=O) groups excluding carboxylic acids is 1. The number of benzene rings is 2. The van der Waals surface area contributed by atoms with Gasteiger partial charge in [-0.3, -0.25) is 4.79 Å². The zero-order chi connectivity index (χ0) is 22.7. The van der Waals surface area contributed by atoms with E-state index in [1.165, 1.54) is 24.3 Å². The van der Waals surface area contributed by atoms with Crippen LogP contribution in [0.2, 0.25) is 5.02 Å². The summed E-state index contributed by atoms with van der Waals surface area (Å²) in [5.41, 5.74) is 4.26. The van der Waals surface area contributed by atoms with Gasteiger partial charge in [-0.25, -0.2) is 4.79 Å². The molecule has 0 saturated heterocycles. The molecule has 0 radical (unpaired) electrons. The van der Waals surface area contributed by atoms with Gasteiger partial charge in [0, 0.05) is 17.1 Å². The number of hydrogen-bond acceptors (Lipinski definition) is 3. The fraction of sp³-hybridized carbons (Fsp3) is 0.125. The fourth-order valence-corrected chi connectivity index (χ4v) is 3.53. The Morgan fingerprint density at radius 3 is 2.48 bits per heavy atom. The molecule has 0 aliphatic rings. The number of halogens is 1. The topological polar surface area (TPSA) is 95.1 Å². The van der Waals surface area contributed by atoms with E-state index in [9.17, 15) is 20.0 Å². The van der Waals surface area contributed by atoms with Crippen LogP contribution in [-0.4, -0.2) is 21.6 Å². The van der Waals surface area contributed by atoms with E-state index < -0.39 is 11.9 Å². The van der Waals surface area contributed by atoms with Crippen LogP contribution >= 0.6 is 11.6 Å². The molecule has 1 aromatic heterocycles. The first kappa shape index (κ1) is 21.9. The first-order valence-corrected chi connectivity index (χ1v) is 9.81. The molecule has 1 heterocycles. The lowest BCUT2D eigenvalue weighted by Gasteiger charge is -2.12. The average Bonchev–Trinajstić information content (AvgIpc) is 3.01. The number of rotatable bonds is 5. The Kier molecular flexibility index (Phi) is 6.28. The van der Waals surface area contributed by atoms with Crippen LogP contribution < -0.4 is 5.32 Å². The number of carboxylic acid groups (broad SMARTS) is 1. The lowest BCUT2D eigenvalue weighted by molar-refractivity contribution is -0.112. The number of nitrogens with one attached hydrogen (secondary N) is 1. The first-order valence-electron chi connectivity index (χ1n) is 9.44. The minimum Gasteiger partial charge on any atom is -0.478 e. The number of carboxylic acids is 1. The molecule has 3 rings (SSSR count). The van der Waals surface area contributed by atoms with Gasteiger partial charge in [0.05, 0.1) is 16.3 Å². The molecule has 1 amide bonds. The van der Waals surface area contributed by atoms with E-state index in [1.807, 2.05) is 45.0 Å². The summed E-state index contributed by atoms with van der Waals surface area (Å²) in [6.45, 7) is 5.53. The molecule has 2 aromatic carbocycles. The van der Waals surface area contributed by atoms with E-state index in [1.54, 1.807) is 16.7 Å². The molecule has 0 aliphatic carbocycles. The highest BCUT2D eigenvalue weighted by Crippen LogP contribution is 2.29. The van der Waals surface area contributed by atoms with Crippen molar-refractivity contribution in [2.24, 2.45) is 0 Å². The van der Waals surface area contributed by atoms with Crippen LogP contribution in [0.3, 0.4) is 0 Å². The predicted octanol–water partition coefficient (Wildman–Crippen LogP) is 5.30. The molecule has 31 heavy (non-hydrogen) atoms. The third-order valence-corrected chi connectivity index (χ3v) is 5.28. The molecule has 6 nitrogen and oxygen atoms in total. The molecule has 3 aromatic rings. The van der Waals surface area contributed by atoms with Crippen molar-refractivity contribution in [1.29, 1.82) is 5.26 Å². The molecule has 0 saturated carbocycles. The van der Waals surface area contributed by atoms with Gasteiger partial charge in [0.2, 0.25) is 0 Å². The van der Waals surface area contributed by atoms with Crippen LogP contribution in [0.1, 0.15) is 32.9 Å². The first-order chi connectivity index (χ1) is 14.7. The van der Waals surface area contributed by atoms with Crippen molar-refractivity contribution in [1.82, 2.24) is 4.57 Å². The van der Waals surface area contributed by atoms with E-state index in [4.69, 9.17) is 11.6 Å². The molecular formula is C24H20ClN3O3. The van der Waals surface area contributed by atoms with Crippen molar-refractivity contribution in [2.75, 3.05) is 5.32 Å². The van der Waals surface area contributed by atoms with Gasteiger partial charge >= 0.3 is 5.97 Å². The second kappa shape index (κ2) is 8.90. The van der Waals surface area contributed by atoms with Gasteiger partial charge in [-0.15, -0.1) is 0 Å². The Bertz CT molecular complexity index is 1270. The highest BCUT2D eigenvalue weighted by atomic mass is 35.5. The molecular weight excluding hydrogens is 414 g/mol. The Balaban J connectivity index is 2.01. The number of aromatic carboxylic acids is 1. The van der Waals surface area contributed by atoms with E-state index in [2.05, 4.69) is 5.32 Å². The van der Waals surface area contributed by atoms with Crippen LogP contribution in [0.5, 0.6) is 0 Å². The van der Waals surface area contributed by atoms with Crippen LogP contribution in [0.4, 0.5) is 5.69 Å². The number of aryl methyl sites for hydroxylation is 2. The van der Waals surface area contributed by atoms with Gasteiger partial charge in [0.1, 0.15) is 11.6 Å². The third kappa shape index (κ3) is 4.52. The maximum absolute atomic E-state index is 12.7. The molecule has 0 unspecified atom stereocenters. The number of carbonyl (C=O) groups is 2. The van der Waals surface area contributed by atoms with E-state index in [0.29, 0.717) is 22.0 Å². The largest absolute Gasteiger partial charge is 0.478 e. The zero-order valence-electron chi connectivity index (χ0n) is 17.2. The molecule has 2 N–H and O–H groups in total. The average molecular weight is 434 g/mol. The minimum atomic E-state index is -1.06. The molecule has 0 atom stereocenters. The van der Waals surface area contributed by atoms with E-state index in [-0.39, 0.29) is 11.1 Å². The number of nitriles is 1. The highest BCUT2D eigenvalue weighted by molar-refractivity contribution is 6.32. The van der Waals surface area contributed by atoms with E-state index in [0.717, 1.165) is 17.0 Å². The van der Waals surface area contributed by atoms with Crippen LogP contribution in [0.25, 0.3) is 11.8 Å². The Morgan fingerprint density at radius 1 is 1.13 bits per heavy atom. The number of hydrogen-bond donors (Lipinski definition) is 2. The van der Waals surface area contributed by atoms with Crippen LogP contribution in [0, 0.1) is 32.1 Å². The molecule has 156 valence electrons. The van der Waals surface area contributed by atoms with Gasteiger partial charge in [-0.1, -0.05) is 29.8 Å². The van der Waals surface area contributed by atoms with Crippen molar-refractivity contribution < 1.29 is 14.7 Å². The van der Waals surface area contributed by atoms with Crippen molar-refractivity contribution in [2.45, 2.75) is 20.8 Å². The quantitative estimate of drug-likeness (QED) is 0.421. The Hall–Kier alpha value is -3.82. The number of anilines is 1. The van der Waals surface area contributed by atoms with Crippen molar-refractivity contribution >= 4 is 35.2 Å². The van der Waals surface area contributed by atoms with Gasteiger partial charge in [-0.05, 0) is 68.3 Å². The summed E-state index contributed by atoms with van der Waals surface area (Å²) in [6, 6.07) is 15.5. The van der Waals surface area contributed by atoms with Gasteiger partial charge in [0.15, 0.2) is 0 Å². The maximum Gasteiger partial charge on any atom is 0.335 e. The highest BCUT2D eigenvalue weighted by Gasteiger charge is 2.17. The van der Waals surface area contributed by atoms with Gasteiger partial charge in [0.25, 0.3) is 5.91 Å². The number of para-hydroxylation sites is 1. The van der Waals surface area contributed by atoms with E-state index >= 15 is 0 Å². The van der Waals surface area contributed by atoms with Crippen molar-refractivity contribution in [3.8, 4) is 11.8 Å². The predicted molar refractivity (Wildman–Crippen MR) is 121 cm³/mol. The van der Waals surface area contributed by atoms with Crippen LogP contribution in [-0.2, 0) is 4.79 Å². The van der Waals surface area contributed by atoms with Crippen molar-refractivity contribution in [3.63, 3.8) is 0 Å². The summed E-state index contributed by atoms with van der Waals surface area (Å²) in [7, 11) is 0. The monoisotopic (exact) mass is 433 g/mol. The number of aromatic nitrogens is 1. The standard InChI is InChI=1S/C24H20ClN3O3/c1-14-6-4-5-7-21(14)27-23(29)19(13-26)11-18-10-15(2)28(16(18)3)22-12-17(24(30)31)8-9-20(22)25/h4-12H,1-3H3,(H,27,29)(H,30,31)/b19-11-. The fourth-order valence-electron chi connectivity index (χ4n) is 3.33. The maximum atomic E-state index is 12.7. The molecule has 0 spiro atoms. The lowest BCUT2D eigenvalue weighted by Crippen LogP contribution is -2.14. The van der Waals surface area contributed by atoms with Gasteiger partial charge < -0.3 is 15.0 Å². The van der Waals surface area contributed by atoms with Gasteiger partial charge in [-0.2, -0.15) is 5.26 Å². The smallest absolute Gasteiger partial charge is 0.335 e. The Labute approximate surface area is 185 Å². The summed E-state index contributed by atoms with van der Waals surface area (Å²) < 4.78 is 1.80. The molecule has 7 heteroatoms. The SMILES string of the molecule is Cc1ccccc1NC(=O)/C(C#N)=C\c1cc(C)n(-c2cc(C(=O)O)ccc2Cl)c1C. The number of nitrogens with zero attached hydrogens (tertiary/aromatic N) is 2. The Morgan fingerprint density at radius 2 is 1.84 bits per heavy atom. The third-order valence-electron chi connectivity index (χ3n) is 4.96. The molecule has 0 fully saturated rings. The summed E-state index contributed by atoms with van der Waals surface area (Å²) in [4.78, 5) is 24.0. The summed E-state index contributed by atoms with van der Waals surface area (Å²) in [6.07, 6.45) is 1.52. The van der Waals surface area contributed by atoms with Crippen LogP contribution in [0.15, 0.2) is 54.1 Å². The normalized spacial score (nSPS) is 11.1. The van der Waals surface area contributed by atoms with Crippen molar-refractivity contribution in [3.05, 3.63) is 87.2 Å². The second-order valence-electron chi connectivity index (χ2n) is 7.07. The zero-order valence-corrected chi connectivity index (χ0v) is 18.0. The lowest BCUT2D eigenvalue weighted by atomic mass is 10.1. The summed E-state index contributed by atoms with van der Waals surface area (Å²) in [5, 5.41) is 22.0. The second-order valence-corrected chi connectivity index (χ2v) is 7.48. The molecule has 0 aliphatic heterocycles.